The quantitative estimate of drug-likeness (QED) is 0.459. The van der Waals surface area contributed by atoms with Gasteiger partial charge in [0.15, 0.2) is 0 Å². The third-order valence-electron chi connectivity index (χ3n) is 2.49. The Morgan fingerprint density at radius 2 is 2.07 bits per heavy atom. The van der Waals surface area contributed by atoms with Crippen molar-refractivity contribution in [3.05, 3.63) is 43.7 Å². The summed E-state index contributed by atoms with van der Waals surface area (Å²) in [5.74, 6) is 0. The van der Waals surface area contributed by atoms with Gasteiger partial charge < -0.3 is 5.11 Å². The number of halogens is 2. The van der Waals surface area contributed by atoms with E-state index in [0.29, 0.717) is 22.0 Å². The average Bonchev–Trinajstić information content (AvgIpc) is 2.47. The Morgan fingerprint density at radius 3 is 2.73 bits per heavy atom. The Labute approximate surface area is 96.1 Å². The van der Waals surface area contributed by atoms with Crippen LogP contribution in [0.3, 0.4) is 0 Å². The van der Waals surface area contributed by atoms with Gasteiger partial charge in [0.2, 0.25) is 0 Å². The van der Waals surface area contributed by atoms with Crippen molar-refractivity contribution >= 4 is 23.2 Å². The number of hydrogen-bond acceptors (Lipinski definition) is 2. The summed E-state index contributed by atoms with van der Waals surface area (Å²) >= 11 is 11.7. The maximum Gasteiger partial charge on any atom is 0.0881 e. The molecule has 1 aromatic carbocycles. The van der Waals surface area contributed by atoms with Crippen molar-refractivity contribution in [1.82, 2.24) is 0 Å². The van der Waals surface area contributed by atoms with Crippen LogP contribution in [-0.2, 0) is 6.42 Å². The van der Waals surface area contributed by atoms with Crippen LogP contribution in [0.4, 0.5) is 0 Å². The molecule has 0 fully saturated rings. The highest BCUT2D eigenvalue weighted by Gasteiger charge is 2.30. The van der Waals surface area contributed by atoms with Gasteiger partial charge in [0.25, 0.3) is 0 Å². The zero-order chi connectivity index (χ0) is 11.0. The van der Waals surface area contributed by atoms with Gasteiger partial charge in [0, 0.05) is 4.91 Å². The zero-order valence-corrected chi connectivity index (χ0v) is 9.07. The molecule has 0 heterocycles. The van der Waals surface area contributed by atoms with E-state index in [4.69, 9.17) is 28.7 Å². The fourth-order valence-electron chi connectivity index (χ4n) is 1.77. The molecular formula is C9H7Cl2N3O. The maximum absolute atomic E-state index is 9.82. The van der Waals surface area contributed by atoms with Gasteiger partial charge in [-0.2, -0.15) is 0 Å². The highest BCUT2D eigenvalue weighted by molar-refractivity contribution is 6.42. The highest BCUT2D eigenvalue weighted by Crippen LogP contribution is 2.38. The van der Waals surface area contributed by atoms with Gasteiger partial charge >= 0.3 is 0 Å². The molecule has 1 aliphatic carbocycles. The Morgan fingerprint density at radius 1 is 1.40 bits per heavy atom. The van der Waals surface area contributed by atoms with Crippen LogP contribution in [0.1, 0.15) is 17.2 Å². The summed E-state index contributed by atoms with van der Waals surface area (Å²) in [5, 5.41) is 14.2. The van der Waals surface area contributed by atoms with Gasteiger partial charge in [0.05, 0.1) is 22.2 Å². The van der Waals surface area contributed by atoms with Crippen molar-refractivity contribution in [2.24, 2.45) is 5.11 Å². The van der Waals surface area contributed by atoms with Gasteiger partial charge in [-0.15, -0.1) is 0 Å². The molecule has 1 aliphatic rings. The molecule has 15 heavy (non-hydrogen) atoms. The van der Waals surface area contributed by atoms with E-state index in [0.717, 1.165) is 5.56 Å². The van der Waals surface area contributed by atoms with E-state index in [1.54, 1.807) is 12.1 Å². The molecule has 6 heteroatoms. The molecule has 0 aromatic heterocycles. The number of nitrogens with zero attached hydrogens (tertiary/aromatic N) is 3. The normalized spacial score (nSPS) is 23.4. The Hall–Kier alpha value is -0.930. The highest BCUT2D eigenvalue weighted by atomic mass is 35.5. The molecule has 4 nitrogen and oxygen atoms in total. The number of aliphatic hydroxyl groups is 1. The predicted molar refractivity (Wildman–Crippen MR) is 58.1 cm³/mol. The average molecular weight is 244 g/mol. The molecule has 78 valence electrons. The molecule has 0 radical (unpaired) electrons. The van der Waals surface area contributed by atoms with Crippen LogP contribution in [0.25, 0.3) is 10.4 Å². The largest absolute Gasteiger partial charge is 0.388 e. The van der Waals surface area contributed by atoms with Crippen LogP contribution in [0.5, 0.6) is 0 Å². The minimum absolute atomic E-state index is 0.399. The van der Waals surface area contributed by atoms with E-state index in [-0.39, 0.29) is 0 Å². The maximum atomic E-state index is 9.82. The first-order valence-corrected chi connectivity index (χ1v) is 5.09. The van der Waals surface area contributed by atoms with E-state index in [1.165, 1.54) is 0 Å². The molecule has 0 aliphatic heterocycles. The van der Waals surface area contributed by atoms with Crippen molar-refractivity contribution in [3.63, 3.8) is 0 Å². The van der Waals surface area contributed by atoms with E-state index < -0.39 is 12.1 Å². The van der Waals surface area contributed by atoms with Crippen molar-refractivity contribution in [2.45, 2.75) is 18.6 Å². The van der Waals surface area contributed by atoms with Crippen molar-refractivity contribution in [3.8, 4) is 0 Å². The summed E-state index contributed by atoms with van der Waals surface area (Å²) in [6.07, 6.45) is -0.289. The number of benzene rings is 1. The van der Waals surface area contributed by atoms with Gasteiger partial charge in [-0.05, 0) is 35.2 Å². The number of rotatable bonds is 1. The van der Waals surface area contributed by atoms with Crippen molar-refractivity contribution in [2.75, 3.05) is 0 Å². The van der Waals surface area contributed by atoms with E-state index in [9.17, 15) is 5.11 Å². The third kappa shape index (κ3) is 1.77. The van der Waals surface area contributed by atoms with E-state index >= 15 is 0 Å². The van der Waals surface area contributed by atoms with Crippen LogP contribution < -0.4 is 0 Å². The second-order valence-electron chi connectivity index (χ2n) is 3.39. The Balaban J connectivity index is 2.45. The number of azide groups is 1. The first kappa shape index (κ1) is 10.6. The summed E-state index contributed by atoms with van der Waals surface area (Å²) in [7, 11) is 0. The lowest BCUT2D eigenvalue weighted by atomic mass is 10.1. The lowest BCUT2D eigenvalue weighted by molar-refractivity contribution is 0.159. The summed E-state index contributed by atoms with van der Waals surface area (Å²) in [4.78, 5) is 2.70. The van der Waals surface area contributed by atoms with Gasteiger partial charge in [-0.3, -0.25) is 0 Å². The molecule has 0 spiro atoms. The lowest BCUT2D eigenvalue weighted by Gasteiger charge is -2.08. The first-order valence-electron chi connectivity index (χ1n) is 4.33. The number of aliphatic hydroxyl groups excluding tert-OH is 1. The minimum Gasteiger partial charge on any atom is -0.388 e. The second kappa shape index (κ2) is 3.91. The smallest absolute Gasteiger partial charge is 0.0881 e. The molecule has 1 N–H and O–H groups in total. The molecular weight excluding hydrogens is 237 g/mol. The fraction of sp³-hybridized carbons (Fsp3) is 0.333. The minimum atomic E-state index is -0.786. The molecule has 0 unspecified atom stereocenters. The van der Waals surface area contributed by atoms with Gasteiger partial charge in [-0.25, -0.2) is 0 Å². The predicted octanol–water partition coefficient (Wildman–Crippen LogP) is 3.26. The molecule has 1 aromatic rings. The molecule has 2 atom stereocenters. The first-order chi connectivity index (χ1) is 7.13. The van der Waals surface area contributed by atoms with E-state index in [2.05, 4.69) is 10.0 Å². The summed E-state index contributed by atoms with van der Waals surface area (Å²) in [6, 6.07) is 2.87. The standard InChI is InChI=1S/C9H7Cl2N3O/c10-6-1-4-2-8(13-14-12)9(15)5(4)3-7(6)11/h1,3,8-9,15H,2H2/t8-,9-/m1/s1. The molecule has 2 rings (SSSR count). The van der Waals surface area contributed by atoms with Crippen molar-refractivity contribution < 1.29 is 5.11 Å². The molecule has 0 bridgehead atoms. The van der Waals surface area contributed by atoms with Crippen LogP contribution in [0.15, 0.2) is 17.2 Å². The van der Waals surface area contributed by atoms with E-state index in [1.807, 2.05) is 0 Å². The second-order valence-corrected chi connectivity index (χ2v) is 4.20. The summed E-state index contributed by atoms with van der Waals surface area (Å²) in [5.41, 5.74) is 9.91. The van der Waals surface area contributed by atoms with Crippen molar-refractivity contribution in [1.29, 1.82) is 0 Å². The van der Waals surface area contributed by atoms with Gasteiger partial charge in [-0.1, -0.05) is 28.3 Å². The summed E-state index contributed by atoms with van der Waals surface area (Å²) < 4.78 is 0. The molecule has 0 amide bonds. The third-order valence-corrected chi connectivity index (χ3v) is 3.22. The van der Waals surface area contributed by atoms with Crippen LogP contribution in [0.2, 0.25) is 10.0 Å². The fourth-order valence-corrected chi connectivity index (χ4v) is 2.13. The van der Waals surface area contributed by atoms with Crippen LogP contribution in [0, 0.1) is 0 Å². The number of hydrogen-bond donors (Lipinski definition) is 1. The SMILES string of the molecule is [N-]=[N+]=N[C@@H]1Cc2cc(Cl)c(Cl)cc2[C@H]1O. The summed E-state index contributed by atoms with van der Waals surface area (Å²) in [6.45, 7) is 0. The monoisotopic (exact) mass is 243 g/mol. The molecule has 0 saturated carbocycles. The lowest BCUT2D eigenvalue weighted by Crippen LogP contribution is -2.09. The number of fused-ring (bicyclic) bond motifs is 1. The zero-order valence-electron chi connectivity index (χ0n) is 7.56. The molecule has 0 saturated heterocycles. The topological polar surface area (TPSA) is 69.0 Å². The van der Waals surface area contributed by atoms with Gasteiger partial charge in [0.1, 0.15) is 0 Å². The van der Waals surface area contributed by atoms with Crippen LogP contribution in [-0.4, -0.2) is 11.1 Å². The Kier molecular flexibility index (Phi) is 2.76. The van der Waals surface area contributed by atoms with Crippen LogP contribution >= 0.6 is 23.2 Å². The Bertz CT molecular complexity index is 457.